The Kier molecular flexibility index (Phi) is 4.95. The number of carboxylic acids is 1. The van der Waals surface area contributed by atoms with Crippen LogP contribution in [0.1, 0.15) is 6.92 Å². The third kappa shape index (κ3) is 2.56. The largest absolute Gasteiger partial charge is 0.480 e. The number of carbonyl (C=O) groups excluding carboxylic acids is 3. The second-order valence-electron chi connectivity index (χ2n) is 6.18. The van der Waals surface area contributed by atoms with Crippen LogP contribution in [0.25, 0.3) is 0 Å². The molecule has 27 heavy (non-hydrogen) atoms. The van der Waals surface area contributed by atoms with Gasteiger partial charge in [0, 0.05) is 26.3 Å². The Morgan fingerprint density at radius 1 is 1.37 bits per heavy atom. The lowest BCUT2D eigenvalue weighted by atomic mass is 9.86. The number of thiophene rings is 1. The highest BCUT2D eigenvalue weighted by molar-refractivity contribution is 8.00. The Balaban J connectivity index is 1.98. The Bertz CT molecular complexity index is 799. The van der Waals surface area contributed by atoms with E-state index in [-0.39, 0.29) is 18.2 Å². The molecule has 1 aromatic rings. The van der Waals surface area contributed by atoms with Crippen molar-refractivity contribution in [3.05, 3.63) is 17.5 Å². The first-order valence-electron chi connectivity index (χ1n) is 7.90. The summed E-state index contributed by atoms with van der Waals surface area (Å²) in [6.07, 6.45) is 0. The van der Waals surface area contributed by atoms with E-state index >= 15 is 0 Å². The number of carboxylic acid groups (broad SMARTS) is 1. The molecule has 0 radical (unpaired) electrons. The molecule has 0 saturated carbocycles. The number of nitrogens with zero attached hydrogens (tertiary/aromatic N) is 2. The van der Waals surface area contributed by atoms with E-state index in [0.717, 1.165) is 18.9 Å². The molecule has 2 saturated heterocycles. The minimum atomic E-state index is -1.85. The average Bonchev–Trinajstić information content (AvgIpc) is 3.17. The van der Waals surface area contributed by atoms with Crippen molar-refractivity contribution in [2.24, 2.45) is 5.41 Å². The summed E-state index contributed by atoms with van der Waals surface area (Å²) in [6.45, 7) is 0.993. The maximum atomic E-state index is 13.1. The molecule has 0 bridgehead atoms. The van der Waals surface area contributed by atoms with Gasteiger partial charge in [0.25, 0.3) is 11.6 Å². The summed E-state index contributed by atoms with van der Waals surface area (Å²) in [5, 5.41) is 11.3. The third-order valence-electron chi connectivity index (χ3n) is 4.78. The molecule has 11 heteroatoms. The van der Waals surface area contributed by atoms with Crippen LogP contribution in [0.4, 0.5) is 5.00 Å². The topological polar surface area (TPSA) is 113 Å². The van der Waals surface area contributed by atoms with Crippen molar-refractivity contribution >= 4 is 51.9 Å². The number of thioether (sulfide) groups is 1. The predicted molar refractivity (Wildman–Crippen MR) is 97.3 cm³/mol. The zero-order valence-electron chi connectivity index (χ0n) is 14.8. The minimum Gasteiger partial charge on any atom is -0.480 e. The summed E-state index contributed by atoms with van der Waals surface area (Å²) in [5.41, 5.74) is -3.43. The fourth-order valence-corrected chi connectivity index (χ4v) is 5.93. The normalized spacial score (nSPS) is 29.5. The maximum Gasteiger partial charge on any atom is 0.325 e. The van der Waals surface area contributed by atoms with Gasteiger partial charge >= 0.3 is 11.9 Å². The van der Waals surface area contributed by atoms with Crippen molar-refractivity contribution in [1.82, 2.24) is 4.90 Å². The van der Waals surface area contributed by atoms with Crippen molar-refractivity contribution in [2.45, 2.75) is 18.0 Å². The number of ether oxygens (including phenoxy) is 2. The first-order chi connectivity index (χ1) is 12.8. The molecule has 2 aliphatic heterocycles. The highest BCUT2D eigenvalue weighted by Gasteiger charge is 2.71. The molecular weight excluding hydrogens is 396 g/mol. The highest BCUT2D eigenvalue weighted by Crippen LogP contribution is 2.51. The van der Waals surface area contributed by atoms with Gasteiger partial charge < -0.3 is 19.5 Å². The van der Waals surface area contributed by atoms with E-state index in [4.69, 9.17) is 4.74 Å². The Labute approximate surface area is 163 Å². The van der Waals surface area contributed by atoms with Gasteiger partial charge in [-0.25, -0.2) is 0 Å². The lowest BCUT2D eigenvalue weighted by molar-refractivity contribution is -0.195. The van der Waals surface area contributed by atoms with Crippen LogP contribution in [0.5, 0.6) is 0 Å². The van der Waals surface area contributed by atoms with Crippen molar-refractivity contribution in [3.8, 4) is 0 Å². The van der Waals surface area contributed by atoms with Crippen LogP contribution in [0.3, 0.4) is 0 Å². The van der Waals surface area contributed by atoms with Crippen LogP contribution in [0, 0.1) is 5.41 Å². The number of β-lactam (4-membered cyclic amide) rings is 1. The Morgan fingerprint density at radius 2 is 2.07 bits per heavy atom. The van der Waals surface area contributed by atoms with Gasteiger partial charge in [-0.15, -0.1) is 23.1 Å². The summed E-state index contributed by atoms with van der Waals surface area (Å²) in [7, 11) is 2.44. The maximum absolute atomic E-state index is 13.1. The predicted octanol–water partition coefficient (Wildman–Crippen LogP) is 0.603. The van der Waals surface area contributed by atoms with Gasteiger partial charge in [0.15, 0.2) is 5.41 Å². The standard InChI is InChI=1S/C16H18N2O7S2/c1-9(19)18(10-5-4-6-26-10)16(25-3)11(20)17-7-15(13(21)22,14(23)24-2)8-27-12(16)17/h4-6,12H,7-8H2,1-3H3,(H,21,22)/t12-,15?,16?/m1/s1. The molecule has 1 aromatic heterocycles. The first kappa shape index (κ1) is 19.6. The Hall–Kier alpha value is -2.11. The van der Waals surface area contributed by atoms with Gasteiger partial charge in [0.05, 0.1) is 7.11 Å². The smallest absolute Gasteiger partial charge is 0.325 e. The lowest BCUT2D eigenvalue weighted by Crippen LogP contribution is -2.83. The molecule has 2 aliphatic rings. The number of fused-ring (bicyclic) bond motifs is 1. The zero-order chi connectivity index (χ0) is 20.0. The quantitative estimate of drug-likeness (QED) is 0.323. The molecule has 2 unspecified atom stereocenters. The summed E-state index contributed by atoms with van der Waals surface area (Å²) in [5.74, 6) is -3.32. The van der Waals surface area contributed by atoms with Crippen molar-refractivity contribution < 1.29 is 33.8 Å². The van der Waals surface area contributed by atoms with E-state index in [1.165, 1.54) is 35.2 Å². The average molecular weight is 414 g/mol. The molecule has 2 fully saturated rings. The summed E-state index contributed by atoms with van der Waals surface area (Å²) >= 11 is 2.36. The molecule has 146 valence electrons. The number of anilines is 1. The molecule has 0 spiro atoms. The van der Waals surface area contributed by atoms with Gasteiger partial charge in [-0.05, 0) is 17.5 Å². The van der Waals surface area contributed by atoms with E-state index in [1.54, 1.807) is 17.5 Å². The van der Waals surface area contributed by atoms with E-state index < -0.39 is 34.4 Å². The van der Waals surface area contributed by atoms with E-state index in [2.05, 4.69) is 4.74 Å². The van der Waals surface area contributed by atoms with E-state index in [0.29, 0.717) is 5.00 Å². The second kappa shape index (κ2) is 6.80. The van der Waals surface area contributed by atoms with Gasteiger partial charge in [-0.3, -0.25) is 24.1 Å². The number of amides is 2. The highest BCUT2D eigenvalue weighted by atomic mass is 32.2. The number of rotatable bonds is 5. The van der Waals surface area contributed by atoms with Crippen LogP contribution in [-0.2, 0) is 28.7 Å². The van der Waals surface area contributed by atoms with E-state index in [9.17, 15) is 24.3 Å². The number of esters is 1. The molecule has 3 heterocycles. The van der Waals surface area contributed by atoms with E-state index in [1.807, 2.05) is 0 Å². The van der Waals surface area contributed by atoms with Crippen molar-refractivity contribution in [3.63, 3.8) is 0 Å². The van der Waals surface area contributed by atoms with Crippen molar-refractivity contribution in [1.29, 1.82) is 0 Å². The number of aliphatic carboxylic acids is 1. The molecule has 2 amide bonds. The monoisotopic (exact) mass is 414 g/mol. The van der Waals surface area contributed by atoms with Gasteiger partial charge in [0.2, 0.25) is 5.91 Å². The number of carbonyl (C=O) groups is 4. The third-order valence-corrected chi connectivity index (χ3v) is 7.19. The summed E-state index contributed by atoms with van der Waals surface area (Å²) < 4.78 is 10.2. The number of hydrogen-bond donors (Lipinski definition) is 1. The molecular formula is C16H18N2O7S2. The second-order valence-corrected chi connectivity index (χ2v) is 8.18. The Morgan fingerprint density at radius 3 is 2.56 bits per heavy atom. The van der Waals surface area contributed by atoms with Crippen LogP contribution < -0.4 is 4.90 Å². The van der Waals surface area contributed by atoms with Gasteiger partial charge in [0.1, 0.15) is 10.4 Å². The molecule has 0 aliphatic carbocycles. The zero-order valence-corrected chi connectivity index (χ0v) is 16.5. The summed E-state index contributed by atoms with van der Waals surface area (Å²) in [4.78, 5) is 51.9. The van der Waals surface area contributed by atoms with Gasteiger partial charge in [-0.1, -0.05) is 0 Å². The SMILES string of the molecule is COC(=O)C1(C(=O)O)CS[C@H]2N(C1)C(=O)C2(OC)N(C(C)=O)c1cccs1. The summed E-state index contributed by atoms with van der Waals surface area (Å²) in [6, 6.07) is 3.45. The van der Waals surface area contributed by atoms with Crippen molar-refractivity contribution in [2.75, 3.05) is 31.4 Å². The van der Waals surface area contributed by atoms with Crippen LogP contribution in [0.2, 0.25) is 0 Å². The molecule has 0 aromatic carbocycles. The van der Waals surface area contributed by atoms with Crippen LogP contribution in [-0.4, -0.2) is 71.4 Å². The fourth-order valence-electron chi connectivity index (χ4n) is 3.45. The molecule has 3 atom stereocenters. The van der Waals surface area contributed by atoms with Crippen LogP contribution in [0.15, 0.2) is 17.5 Å². The lowest BCUT2D eigenvalue weighted by Gasteiger charge is -2.60. The molecule has 3 rings (SSSR count). The fraction of sp³-hybridized carbons (Fsp3) is 0.500. The number of hydrogen-bond acceptors (Lipinski definition) is 8. The number of methoxy groups -OCH3 is 2. The minimum absolute atomic E-state index is 0.106. The van der Waals surface area contributed by atoms with Crippen LogP contribution >= 0.6 is 23.1 Å². The molecule has 9 nitrogen and oxygen atoms in total. The van der Waals surface area contributed by atoms with Gasteiger partial charge in [-0.2, -0.15) is 0 Å². The molecule has 1 N–H and O–H groups in total. The first-order valence-corrected chi connectivity index (χ1v) is 9.83.